The van der Waals surface area contributed by atoms with Crippen LogP contribution < -0.4 is 15.4 Å². The van der Waals surface area contributed by atoms with Gasteiger partial charge in [-0.05, 0) is 18.6 Å². The van der Waals surface area contributed by atoms with Crippen LogP contribution in [0.15, 0.2) is 18.5 Å². The van der Waals surface area contributed by atoms with E-state index < -0.39 is 12.0 Å². The molecule has 6 nitrogen and oxygen atoms in total. The quantitative estimate of drug-likeness (QED) is 0.432. The molecular weight excluding hydrogens is 236 g/mol. The van der Waals surface area contributed by atoms with Crippen molar-refractivity contribution in [3.63, 3.8) is 0 Å². The Bertz CT molecular complexity index is 409. The van der Waals surface area contributed by atoms with Gasteiger partial charge in [0.1, 0.15) is 12.6 Å². The molecule has 0 aliphatic heterocycles. The average Bonchev–Trinajstić information content (AvgIpc) is 2.33. The monoisotopic (exact) mass is 254 g/mol. The number of hydrogen-bond donors (Lipinski definition) is 3. The molecule has 0 spiro atoms. The molecule has 100 valence electrons. The van der Waals surface area contributed by atoms with Gasteiger partial charge in [-0.25, -0.2) is 4.57 Å². The van der Waals surface area contributed by atoms with Crippen LogP contribution >= 0.6 is 0 Å². The lowest BCUT2D eigenvalue weighted by molar-refractivity contribution is -0.700. The lowest BCUT2D eigenvalue weighted by Crippen LogP contribution is -2.35. The number of rotatable bonds is 7. The second-order valence-electron chi connectivity index (χ2n) is 4.22. The third kappa shape index (κ3) is 4.68. The van der Waals surface area contributed by atoms with Crippen LogP contribution in [-0.4, -0.2) is 22.2 Å². The van der Waals surface area contributed by atoms with Gasteiger partial charge in [0.15, 0.2) is 12.4 Å². The molecule has 1 atom stereocenters. The summed E-state index contributed by atoms with van der Waals surface area (Å²) in [7, 11) is 0. The van der Waals surface area contributed by atoms with Crippen molar-refractivity contribution < 1.29 is 24.7 Å². The summed E-state index contributed by atoms with van der Waals surface area (Å²) in [6.07, 6.45) is 4.99. The molecule has 0 radical (unpaired) electrons. The Balaban J connectivity index is 2.39. The van der Waals surface area contributed by atoms with Crippen LogP contribution in [0, 0.1) is 0 Å². The zero-order valence-electron chi connectivity index (χ0n) is 10.1. The van der Waals surface area contributed by atoms with Crippen LogP contribution in [0.5, 0.6) is 5.75 Å². The molecule has 6 heteroatoms. The maximum absolute atomic E-state index is 11.3. The van der Waals surface area contributed by atoms with Gasteiger partial charge in [-0.2, -0.15) is 0 Å². The molecule has 0 aliphatic carbocycles. The summed E-state index contributed by atoms with van der Waals surface area (Å²) in [5, 5.41) is 28.8. The number of unbranched alkanes of at least 4 members (excludes halogenated alkanes) is 1. The third-order valence-electron chi connectivity index (χ3n) is 2.63. The highest BCUT2D eigenvalue weighted by atomic mass is 16.4. The first-order valence-electron chi connectivity index (χ1n) is 5.82. The van der Waals surface area contributed by atoms with Crippen molar-refractivity contribution in [1.82, 2.24) is 0 Å². The number of carboxylic acid groups (broad SMARTS) is 1. The zero-order chi connectivity index (χ0) is 13.5. The third-order valence-corrected chi connectivity index (χ3v) is 2.63. The summed E-state index contributed by atoms with van der Waals surface area (Å²) in [4.78, 5) is 10.5. The highest BCUT2D eigenvalue weighted by molar-refractivity contribution is 5.72. The fourth-order valence-corrected chi connectivity index (χ4v) is 1.67. The number of hydrogen-bond acceptors (Lipinski definition) is 4. The van der Waals surface area contributed by atoms with Crippen molar-refractivity contribution in [3.05, 3.63) is 24.0 Å². The average molecular weight is 254 g/mol. The Hall–Kier alpha value is -1.66. The van der Waals surface area contributed by atoms with Gasteiger partial charge in [0.2, 0.25) is 0 Å². The summed E-state index contributed by atoms with van der Waals surface area (Å²) >= 11 is 0. The Morgan fingerprint density at radius 3 is 2.78 bits per heavy atom. The normalized spacial score (nSPS) is 12.3. The molecular formula is C12H18N2O4. The van der Waals surface area contributed by atoms with E-state index in [-0.39, 0.29) is 12.4 Å². The highest BCUT2D eigenvalue weighted by Gasteiger charge is 2.11. The molecule has 0 aliphatic rings. The van der Waals surface area contributed by atoms with E-state index >= 15 is 0 Å². The van der Waals surface area contributed by atoms with E-state index in [4.69, 9.17) is 15.9 Å². The summed E-state index contributed by atoms with van der Waals surface area (Å²) < 4.78 is 1.71. The molecule has 1 aromatic rings. The minimum atomic E-state index is -0.994. The van der Waals surface area contributed by atoms with Gasteiger partial charge in [0, 0.05) is 12.0 Å². The lowest BCUT2D eigenvalue weighted by atomic mass is 10.1. The molecule has 0 bridgehead atoms. The van der Waals surface area contributed by atoms with Crippen LogP contribution in [0.2, 0.25) is 0 Å². The van der Waals surface area contributed by atoms with Crippen LogP contribution in [0.4, 0.5) is 0 Å². The SMILES string of the molecule is N[C@@H](CCCC[n+]1cc([O-])cc(CO)c1)C(=O)O. The first-order chi connectivity index (χ1) is 8.52. The lowest BCUT2D eigenvalue weighted by Gasteiger charge is -2.07. The van der Waals surface area contributed by atoms with Crippen molar-refractivity contribution in [3.8, 4) is 5.75 Å². The Morgan fingerprint density at radius 1 is 1.44 bits per heavy atom. The van der Waals surface area contributed by atoms with E-state index in [2.05, 4.69) is 0 Å². The maximum Gasteiger partial charge on any atom is 0.320 e. The van der Waals surface area contributed by atoms with Crippen molar-refractivity contribution in [2.24, 2.45) is 5.73 Å². The number of nitrogens with zero attached hydrogens (tertiary/aromatic N) is 1. The zero-order valence-corrected chi connectivity index (χ0v) is 10.1. The van der Waals surface area contributed by atoms with Crippen molar-refractivity contribution >= 4 is 5.97 Å². The molecule has 1 heterocycles. The van der Waals surface area contributed by atoms with Crippen LogP contribution in [-0.2, 0) is 17.9 Å². The number of aliphatic hydroxyl groups excluding tert-OH is 1. The van der Waals surface area contributed by atoms with E-state index in [0.717, 1.165) is 6.42 Å². The molecule has 0 saturated carbocycles. The van der Waals surface area contributed by atoms with Crippen LogP contribution in [0.25, 0.3) is 0 Å². The molecule has 1 rings (SSSR count). The Kier molecular flexibility index (Phi) is 5.54. The number of carbonyl (C=O) groups is 1. The van der Waals surface area contributed by atoms with Gasteiger partial charge >= 0.3 is 5.97 Å². The van der Waals surface area contributed by atoms with E-state index in [1.807, 2.05) is 0 Å². The number of aliphatic hydroxyl groups is 1. The second-order valence-corrected chi connectivity index (χ2v) is 4.22. The standard InChI is InChI=1S/C12H18N2O4/c13-11(12(17)18)3-1-2-4-14-6-9(8-15)5-10(16)7-14/h5-7,11,15H,1-4,8,13H2,(H-,16,17,18)/t11-/m0/s1. The molecule has 18 heavy (non-hydrogen) atoms. The van der Waals surface area contributed by atoms with Crippen LogP contribution in [0.3, 0.4) is 0 Å². The largest absolute Gasteiger partial charge is 0.868 e. The van der Waals surface area contributed by atoms with Gasteiger partial charge in [0.25, 0.3) is 0 Å². The first kappa shape index (κ1) is 14.4. The molecule has 0 amide bonds. The smallest absolute Gasteiger partial charge is 0.320 e. The number of nitrogens with two attached hydrogens (primary N) is 1. The molecule has 0 saturated heterocycles. The molecule has 0 unspecified atom stereocenters. The van der Waals surface area contributed by atoms with Gasteiger partial charge in [-0.3, -0.25) is 4.79 Å². The summed E-state index contributed by atoms with van der Waals surface area (Å²) in [5.41, 5.74) is 5.95. The summed E-state index contributed by atoms with van der Waals surface area (Å²) in [5.74, 6) is -1.14. The van der Waals surface area contributed by atoms with Gasteiger partial charge in [-0.15, -0.1) is 0 Å². The molecule has 0 fully saturated rings. The molecule has 0 aromatic carbocycles. The number of aliphatic carboxylic acids is 1. The summed E-state index contributed by atoms with van der Waals surface area (Å²) in [6, 6.07) is 0.561. The van der Waals surface area contributed by atoms with E-state index in [1.54, 1.807) is 10.8 Å². The highest BCUT2D eigenvalue weighted by Crippen LogP contribution is 2.05. The number of pyridine rings is 1. The summed E-state index contributed by atoms with van der Waals surface area (Å²) in [6.45, 7) is 0.440. The minimum Gasteiger partial charge on any atom is -0.868 e. The topological polar surface area (TPSA) is 110 Å². The van der Waals surface area contributed by atoms with E-state index in [9.17, 15) is 9.90 Å². The second kappa shape index (κ2) is 6.93. The van der Waals surface area contributed by atoms with Gasteiger partial charge in [0.05, 0.1) is 6.61 Å². The van der Waals surface area contributed by atoms with Crippen LogP contribution in [0.1, 0.15) is 24.8 Å². The fourth-order valence-electron chi connectivity index (χ4n) is 1.67. The van der Waals surface area contributed by atoms with E-state index in [1.165, 1.54) is 12.3 Å². The van der Waals surface area contributed by atoms with E-state index in [0.29, 0.717) is 24.9 Å². The Morgan fingerprint density at radius 2 is 2.17 bits per heavy atom. The molecule has 1 aromatic heterocycles. The molecule has 4 N–H and O–H groups in total. The first-order valence-corrected chi connectivity index (χ1v) is 5.82. The number of carboxylic acids is 1. The predicted octanol–water partition coefficient (Wildman–Crippen LogP) is -0.878. The number of aromatic nitrogens is 1. The van der Waals surface area contributed by atoms with Crippen molar-refractivity contribution in [2.75, 3.05) is 0 Å². The maximum atomic E-state index is 11.3. The Labute approximate surface area is 105 Å². The fraction of sp³-hybridized carbons (Fsp3) is 0.500. The van der Waals surface area contributed by atoms with Gasteiger partial charge < -0.3 is 21.1 Å². The minimum absolute atomic E-state index is 0.149. The van der Waals surface area contributed by atoms with Crippen molar-refractivity contribution in [2.45, 2.75) is 38.5 Å². The van der Waals surface area contributed by atoms with Crippen molar-refractivity contribution in [1.29, 1.82) is 0 Å². The predicted molar refractivity (Wildman–Crippen MR) is 61.5 cm³/mol. The van der Waals surface area contributed by atoms with Gasteiger partial charge in [-0.1, -0.05) is 6.07 Å². The number of aryl methyl sites for hydroxylation is 1.